The van der Waals surface area contributed by atoms with Crippen LogP contribution >= 0.6 is 11.9 Å². The lowest BCUT2D eigenvalue weighted by Gasteiger charge is -2.24. The largest absolute Gasteiger partial charge is 0.492 e. The van der Waals surface area contributed by atoms with Crippen LogP contribution in [0.25, 0.3) is 0 Å². The van der Waals surface area contributed by atoms with Crippen LogP contribution in [0.5, 0.6) is 5.75 Å². The van der Waals surface area contributed by atoms with E-state index in [0.29, 0.717) is 29.2 Å². The first-order valence-corrected chi connectivity index (χ1v) is 13.9. The Bertz CT molecular complexity index is 1390. The second-order valence-electron chi connectivity index (χ2n) is 10.3. The zero-order valence-corrected chi connectivity index (χ0v) is 24.6. The number of nitrogens with zero attached hydrogens (tertiary/aromatic N) is 1. The van der Waals surface area contributed by atoms with Gasteiger partial charge in [-0.05, 0) is 53.3 Å². The Kier molecular flexibility index (Phi) is 10.1. The lowest BCUT2D eigenvalue weighted by Crippen LogP contribution is -2.33. The fraction of sp³-hybridized carbons (Fsp3) is 0.267. The molecule has 0 aromatic heterocycles. The SMILES string of the molecule is COc1c(NSC)cc(C(C)(C)C)cc1NC(=O)c1ccc(C)c(N(N)/C=C(\N)C(=O)NCc2ccccc2)c1. The van der Waals surface area contributed by atoms with Gasteiger partial charge >= 0.3 is 0 Å². The van der Waals surface area contributed by atoms with Crippen LogP contribution in [0, 0.1) is 6.92 Å². The molecule has 0 aliphatic heterocycles. The molecule has 0 radical (unpaired) electrons. The maximum absolute atomic E-state index is 13.4. The summed E-state index contributed by atoms with van der Waals surface area (Å²) >= 11 is 1.44. The number of carbonyl (C=O) groups excluding carboxylic acids is 2. The van der Waals surface area contributed by atoms with Gasteiger partial charge in [-0.1, -0.05) is 69.1 Å². The minimum absolute atomic E-state index is 0.0646. The van der Waals surface area contributed by atoms with E-state index in [1.807, 2.05) is 55.6 Å². The molecule has 7 N–H and O–H groups in total. The van der Waals surface area contributed by atoms with Crippen LogP contribution in [0.2, 0.25) is 0 Å². The van der Waals surface area contributed by atoms with Crippen molar-refractivity contribution in [3.63, 3.8) is 0 Å². The highest BCUT2D eigenvalue weighted by atomic mass is 32.2. The van der Waals surface area contributed by atoms with Crippen molar-refractivity contribution in [3.05, 3.63) is 94.8 Å². The molecule has 0 fully saturated rings. The van der Waals surface area contributed by atoms with Crippen LogP contribution in [-0.4, -0.2) is 25.2 Å². The molecule has 0 atom stereocenters. The van der Waals surface area contributed by atoms with Gasteiger partial charge in [0.2, 0.25) is 0 Å². The summed E-state index contributed by atoms with van der Waals surface area (Å²) in [5.74, 6) is 6.00. The Morgan fingerprint density at radius 3 is 2.35 bits per heavy atom. The minimum atomic E-state index is -0.452. The molecule has 0 unspecified atom stereocenters. The molecule has 9 nitrogen and oxygen atoms in total. The molecule has 3 aromatic rings. The van der Waals surface area contributed by atoms with E-state index in [4.69, 9.17) is 16.3 Å². The van der Waals surface area contributed by atoms with Gasteiger partial charge in [0.05, 0.1) is 24.2 Å². The van der Waals surface area contributed by atoms with Gasteiger partial charge in [0.1, 0.15) is 5.70 Å². The highest BCUT2D eigenvalue weighted by Crippen LogP contribution is 2.39. The van der Waals surface area contributed by atoms with Gasteiger partial charge in [0.15, 0.2) is 5.75 Å². The van der Waals surface area contributed by atoms with E-state index in [2.05, 4.69) is 36.1 Å². The summed E-state index contributed by atoms with van der Waals surface area (Å²) in [7, 11) is 1.57. The fourth-order valence-corrected chi connectivity index (χ4v) is 4.31. The molecule has 0 spiro atoms. The van der Waals surface area contributed by atoms with Crippen LogP contribution in [0.4, 0.5) is 17.1 Å². The smallest absolute Gasteiger partial charge is 0.268 e. The normalized spacial score (nSPS) is 11.5. The summed E-state index contributed by atoms with van der Waals surface area (Å²) in [5.41, 5.74) is 10.8. The summed E-state index contributed by atoms with van der Waals surface area (Å²) in [6.45, 7) is 8.50. The van der Waals surface area contributed by atoms with E-state index >= 15 is 0 Å². The second-order valence-corrected chi connectivity index (χ2v) is 10.9. The highest BCUT2D eigenvalue weighted by molar-refractivity contribution is 7.99. The van der Waals surface area contributed by atoms with Crippen molar-refractivity contribution in [2.24, 2.45) is 11.6 Å². The Morgan fingerprint density at radius 1 is 1.05 bits per heavy atom. The number of methoxy groups -OCH3 is 1. The van der Waals surface area contributed by atoms with Crippen molar-refractivity contribution >= 4 is 40.8 Å². The van der Waals surface area contributed by atoms with Crippen molar-refractivity contribution < 1.29 is 14.3 Å². The Morgan fingerprint density at radius 2 is 1.73 bits per heavy atom. The quantitative estimate of drug-likeness (QED) is 0.100. The average Bonchev–Trinajstić information content (AvgIpc) is 2.91. The first-order valence-electron chi connectivity index (χ1n) is 12.7. The molecule has 40 heavy (non-hydrogen) atoms. The zero-order valence-electron chi connectivity index (χ0n) is 23.8. The zero-order chi connectivity index (χ0) is 29.4. The summed E-state index contributed by atoms with van der Waals surface area (Å²) in [6, 6.07) is 18.6. The lowest BCUT2D eigenvalue weighted by molar-refractivity contribution is -0.117. The van der Waals surface area contributed by atoms with Gasteiger partial charge in [-0.25, -0.2) is 5.84 Å². The van der Waals surface area contributed by atoms with E-state index in [0.717, 1.165) is 22.4 Å². The monoisotopic (exact) mass is 562 g/mol. The van der Waals surface area contributed by atoms with Crippen molar-refractivity contribution in [2.75, 3.05) is 28.4 Å². The molecule has 0 aliphatic carbocycles. The summed E-state index contributed by atoms with van der Waals surface area (Å²) in [4.78, 5) is 25.9. The molecule has 3 aromatic carbocycles. The number of hydrogen-bond donors (Lipinski definition) is 5. The van der Waals surface area contributed by atoms with Gasteiger partial charge in [0.25, 0.3) is 11.8 Å². The number of anilines is 3. The molecular weight excluding hydrogens is 524 g/mol. The number of amides is 2. The molecule has 0 aliphatic rings. The Balaban J connectivity index is 1.83. The third-order valence-electron chi connectivity index (χ3n) is 6.21. The Labute approximate surface area is 240 Å². The van der Waals surface area contributed by atoms with E-state index in [1.54, 1.807) is 25.3 Å². The van der Waals surface area contributed by atoms with Gasteiger partial charge in [0, 0.05) is 24.6 Å². The molecule has 0 heterocycles. The van der Waals surface area contributed by atoms with E-state index < -0.39 is 5.91 Å². The Hall–Kier alpha value is -4.15. The summed E-state index contributed by atoms with van der Waals surface area (Å²) in [5, 5.41) is 7.00. The summed E-state index contributed by atoms with van der Waals surface area (Å²) < 4.78 is 8.89. The topological polar surface area (TPSA) is 135 Å². The lowest BCUT2D eigenvalue weighted by atomic mass is 9.86. The molecule has 10 heteroatoms. The number of ether oxygens (including phenoxy) is 1. The van der Waals surface area contributed by atoms with Gasteiger partial charge in [-0.15, -0.1) is 0 Å². The molecule has 0 saturated carbocycles. The predicted octanol–water partition coefficient (Wildman–Crippen LogP) is 5.04. The first kappa shape index (κ1) is 30.4. The highest BCUT2D eigenvalue weighted by Gasteiger charge is 2.21. The molecule has 3 rings (SSSR count). The molecule has 0 saturated heterocycles. The molecule has 212 valence electrons. The van der Waals surface area contributed by atoms with Crippen LogP contribution in [0.15, 0.2) is 72.6 Å². The molecule has 0 bridgehead atoms. The predicted molar refractivity (Wildman–Crippen MR) is 165 cm³/mol. The minimum Gasteiger partial charge on any atom is -0.492 e. The number of rotatable bonds is 10. The third-order valence-corrected chi connectivity index (χ3v) is 6.63. The van der Waals surface area contributed by atoms with Gasteiger partial charge in [-0.2, -0.15) is 0 Å². The van der Waals surface area contributed by atoms with Crippen LogP contribution in [0.3, 0.4) is 0 Å². The second kappa shape index (κ2) is 13.3. The number of carbonyl (C=O) groups is 2. The van der Waals surface area contributed by atoms with E-state index in [-0.39, 0.29) is 17.0 Å². The standard InChI is InChI=1S/C30H38N6O3S/c1-19-12-13-21(14-26(19)36(32)18-23(31)29(38)33-17-20-10-8-7-9-11-20)28(37)34-24-15-22(30(2,3)4)16-25(35-40-6)27(24)39-5/h7-16,18,35H,17,31-32H2,1-6H3,(H,33,38)(H,34,37)/b23-18-. The third kappa shape index (κ3) is 7.71. The fourth-order valence-electron chi connectivity index (χ4n) is 3.94. The number of nitrogens with one attached hydrogen (secondary N) is 3. The van der Waals surface area contributed by atoms with Gasteiger partial charge in [-0.3, -0.25) is 14.6 Å². The van der Waals surface area contributed by atoms with E-state index in [1.165, 1.54) is 23.2 Å². The summed E-state index contributed by atoms with van der Waals surface area (Å²) in [6.07, 6.45) is 3.25. The number of hydrazine groups is 1. The molecule has 2 amide bonds. The number of aryl methyl sites for hydroxylation is 1. The van der Waals surface area contributed by atoms with Crippen molar-refractivity contribution in [3.8, 4) is 5.75 Å². The van der Waals surface area contributed by atoms with Crippen LogP contribution < -0.4 is 36.7 Å². The van der Waals surface area contributed by atoms with Crippen molar-refractivity contribution in [1.29, 1.82) is 0 Å². The number of benzene rings is 3. The van der Waals surface area contributed by atoms with Crippen LogP contribution in [-0.2, 0) is 16.8 Å². The van der Waals surface area contributed by atoms with Crippen molar-refractivity contribution in [2.45, 2.75) is 39.7 Å². The number of hydrogen-bond acceptors (Lipinski definition) is 8. The van der Waals surface area contributed by atoms with E-state index in [9.17, 15) is 9.59 Å². The van der Waals surface area contributed by atoms with Crippen LogP contribution in [0.1, 0.15) is 47.8 Å². The average molecular weight is 563 g/mol. The maximum Gasteiger partial charge on any atom is 0.268 e. The van der Waals surface area contributed by atoms with Gasteiger partial charge < -0.3 is 25.8 Å². The maximum atomic E-state index is 13.4. The van der Waals surface area contributed by atoms with Crippen molar-refractivity contribution in [1.82, 2.24) is 5.32 Å². The first-order chi connectivity index (χ1) is 18.9. The molecular formula is C30H38N6O3S. The number of nitrogens with two attached hydrogens (primary N) is 2.